The third kappa shape index (κ3) is 3.10. The zero-order valence-corrected chi connectivity index (χ0v) is 11.6. The van der Waals surface area contributed by atoms with Crippen molar-refractivity contribution in [2.45, 2.75) is 32.6 Å². The quantitative estimate of drug-likeness (QED) is 0.717. The number of nitrogens with one attached hydrogen (secondary N) is 1. The third-order valence-corrected chi connectivity index (χ3v) is 4.02. The van der Waals surface area contributed by atoms with Gasteiger partial charge in [-0.3, -0.25) is 9.59 Å². The lowest BCUT2D eigenvalue weighted by atomic mass is 9.66. The zero-order chi connectivity index (χ0) is 14.8. The first-order chi connectivity index (χ1) is 9.42. The Labute approximate surface area is 118 Å². The van der Waals surface area contributed by atoms with Gasteiger partial charge >= 0.3 is 5.97 Å². The number of carbonyl (C=O) groups is 2. The topological polar surface area (TPSA) is 92.4 Å². The molecule has 1 saturated carbocycles. The number of benzene rings is 1. The number of nitrogens with two attached hydrogens (primary N) is 1. The van der Waals surface area contributed by atoms with Gasteiger partial charge in [0.15, 0.2) is 0 Å². The van der Waals surface area contributed by atoms with E-state index in [9.17, 15) is 9.59 Å². The highest BCUT2D eigenvalue weighted by atomic mass is 16.4. The maximum Gasteiger partial charge on any atom is 0.303 e. The van der Waals surface area contributed by atoms with Crippen molar-refractivity contribution in [3.63, 3.8) is 0 Å². The molecule has 1 aliphatic carbocycles. The van der Waals surface area contributed by atoms with E-state index in [1.807, 2.05) is 13.0 Å². The Morgan fingerprint density at radius 1 is 1.40 bits per heavy atom. The van der Waals surface area contributed by atoms with Gasteiger partial charge in [-0.25, -0.2) is 0 Å². The number of amides is 1. The monoisotopic (exact) mass is 276 g/mol. The van der Waals surface area contributed by atoms with Crippen LogP contribution in [0.4, 0.5) is 5.69 Å². The molecule has 0 bridgehead atoms. The molecule has 0 aliphatic heterocycles. The summed E-state index contributed by atoms with van der Waals surface area (Å²) in [5.74, 6) is -1.04. The summed E-state index contributed by atoms with van der Waals surface area (Å²) >= 11 is 0. The number of hydrogen-bond donors (Lipinski definition) is 3. The van der Waals surface area contributed by atoms with Crippen molar-refractivity contribution >= 4 is 17.6 Å². The minimum atomic E-state index is -0.811. The minimum Gasteiger partial charge on any atom is -0.481 e. The predicted molar refractivity (Wildman–Crippen MR) is 76.5 cm³/mol. The molecule has 108 valence electrons. The summed E-state index contributed by atoms with van der Waals surface area (Å²) in [4.78, 5) is 23.0. The molecule has 1 aromatic rings. The summed E-state index contributed by atoms with van der Waals surface area (Å²) in [5, 5.41) is 11.8. The van der Waals surface area contributed by atoms with Crippen LogP contribution in [0.15, 0.2) is 18.2 Å². The van der Waals surface area contributed by atoms with Crippen molar-refractivity contribution in [2.75, 3.05) is 12.3 Å². The average molecular weight is 276 g/mol. The summed E-state index contributed by atoms with van der Waals surface area (Å²) in [6.45, 7) is 2.29. The first-order valence-electron chi connectivity index (χ1n) is 6.78. The smallest absolute Gasteiger partial charge is 0.303 e. The van der Waals surface area contributed by atoms with Crippen LogP contribution in [-0.4, -0.2) is 23.5 Å². The Morgan fingerprint density at radius 2 is 2.10 bits per heavy atom. The number of rotatable bonds is 5. The fourth-order valence-electron chi connectivity index (χ4n) is 2.64. The highest BCUT2D eigenvalue weighted by Crippen LogP contribution is 2.43. The number of hydrogen-bond acceptors (Lipinski definition) is 3. The van der Waals surface area contributed by atoms with E-state index in [-0.39, 0.29) is 17.7 Å². The molecule has 1 amide bonds. The number of carbonyl (C=O) groups excluding carboxylic acids is 1. The molecule has 0 radical (unpaired) electrons. The highest BCUT2D eigenvalue weighted by Gasteiger charge is 2.39. The fraction of sp³-hybridized carbons (Fsp3) is 0.467. The molecule has 1 aliphatic rings. The average Bonchev–Trinajstić information content (AvgIpc) is 2.34. The summed E-state index contributed by atoms with van der Waals surface area (Å²) < 4.78 is 0. The van der Waals surface area contributed by atoms with E-state index in [0.717, 1.165) is 24.8 Å². The second-order valence-electron chi connectivity index (χ2n) is 5.70. The minimum absolute atomic E-state index is 0.108. The Morgan fingerprint density at radius 3 is 2.65 bits per heavy atom. The Hall–Kier alpha value is -2.04. The molecule has 0 aromatic heterocycles. The van der Waals surface area contributed by atoms with E-state index in [2.05, 4.69) is 5.32 Å². The van der Waals surface area contributed by atoms with Gasteiger partial charge in [0.1, 0.15) is 0 Å². The van der Waals surface area contributed by atoms with Crippen LogP contribution >= 0.6 is 0 Å². The van der Waals surface area contributed by atoms with Crippen LogP contribution in [-0.2, 0) is 4.79 Å². The lowest BCUT2D eigenvalue weighted by molar-refractivity contribution is -0.141. The molecule has 0 spiro atoms. The standard InChI is InChI=1S/C15H20N2O3/c1-10-3-4-12(16)11(7-10)14(20)17-9-15(5-2-6-15)8-13(18)19/h3-4,7H,2,5-6,8-9,16H2,1H3,(H,17,20)(H,18,19). The van der Waals surface area contributed by atoms with Gasteiger partial charge in [-0.15, -0.1) is 0 Å². The van der Waals surface area contributed by atoms with Crippen molar-refractivity contribution in [3.8, 4) is 0 Å². The van der Waals surface area contributed by atoms with Crippen LogP contribution in [0.25, 0.3) is 0 Å². The molecule has 1 fully saturated rings. The molecule has 20 heavy (non-hydrogen) atoms. The predicted octanol–water partition coefficient (Wildman–Crippen LogP) is 1.95. The molecule has 0 atom stereocenters. The van der Waals surface area contributed by atoms with Crippen molar-refractivity contribution in [3.05, 3.63) is 29.3 Å². The number of aliphatic carboxylic acids is 1. The van der Waals surface area contributed by atoms with Gasteiger partial charge in [0, 0.05) is 12.2 Å². The number of anilines is 1. The first-order valence-corrected chi connectivity index (χ1v) is 6.78. The Balaban J connectivity index is 2.01. The molecule has 0 saturated heterocycles. The number of nitrogen functional groups attached to an aromatic ring is 1. The van der Waals surface area contributed by atoms with Gasteiger partial charge in [-0.1, -0.05) is 18.1 Å². The SMILES string of the molecule is Cc1ccc(N)c(C(=O)NCC2(CC(=O)O)CCC2)c1. The van der Waals surface area contributed by atoms with Crippen molar-refractivity contribution in [1.29, 1.82) is 0 Å². The van der Waals surface area contributed by atoms with E-state index in [1.54, 1.807) is 12.1 Å². The van der Waals surface area contributed by atoms with E-state index < -0.39 is 5.97 Å². The van der Waals surface area contributed by atoms with Gasteiger partial charge in [-0.2, -0.15) is 0 Å². The zero-order valence-electron chi connectivity index (χ0n) is 11.6. The number of aryl methyl sites for hydroxylation is 1. The molecular weight excluding hydrogens is 256 g/mol. The van der Waals surface area contributed by atoms with E-state index in [0.29, 0.717) is 17.8 Å². The first kappa shape index (κ1) is 14.4. The molecule has 5 heteroatoms. The summed E-state index contributed by atoms with van der Waals surface area (Å²) in [6, 6.07) is 5.31. The number of carboxylic acid groups (broad SMARTS) is 1. The van der Waals surface area contributed by atoms with E-state index in [1.165, 1.54) is 0 Å². The van der Waals surface area contributed by atoms with Crippen LogP contribution in [0.2, 0.25) is 0 Å². The maximum absolute atomic E-state index is 12.2. The van der Waals surface area contributed by atoms with Crippen LogP contribution in [0.3, 0.4) is 0 Å². The van der Waals surface area contributed by atoms with Crippen molar-refractivity contribution < 1.29 is 14.7 Å². The van der Waals surface area contributed by atoms with Gasteiger partial charge in [0.25, 0.3) is 5.91 Å². The second kappa shape index (κ2) is 5.53. The molecule has 1 aromatic carbocycles. The highest BCUT2D eigenvalue weighted by molar-refractivity contribution is 5.99. The van der Waals surface area contributed by atoms with Gasteiger partial charge in [0.2, 0.25) is 0 Å². The van der Waals surface area contributed by atoms with Crippen LogP contribution in [0.1, 0.15) is 41.6 Å². The lowest BCUT2D eigenvalue weighted by Gasteiger charge is -2.40. The molecule has 5 nitrogen and oxygen atoms in total. The molecule has 2 rings (SSSR count). The van der Waals surface area contributed by atoms with Crippen LogP contribution in [0.5, 0.6) is 0 Å². The lowest BCUT2D eigenvalue weighted by Crippen LogP contribution is -2.43. The molecule has 0 unspecified atom stereocenters. The third-order valence-electron chi connectivity index (χ3n) is 4.02. The van der Waals surface area contributed by atoms with Crippen molar-refractivity contribution in [1.82, 2.24) is 5.32 Å². The molecular formula is C15H20N2O3. The Kier molecular flexibility index (Phi) is 3.97. The summed E-state index contributed by atoms with van der Waals surface area (Å²) in [5.41, 5.74) is 7.38. The normalized spacial score (nSPS) is 16.2. The van der Waals surface area contributed by atoms with Gasteiger partial charge in [0.05, 0.1) is 12.0 Å². The largest absolute Gasteiger partial charge is 0.481 e. The maximum atomic E-state index is 12.2. The number of carboxylic acids is 1. The molecule has 4 N–H and O–H groups in total. The summed E-state index contributed by atoms with van der Waals surface area (Å²) in [7, 11) is 0. The van der Waals surface area contributed by atoms with E-state index >= 15 is 0 Å². The van der Waals surface area contributed by atoms with E-state index in [4.69, 9.17) is 10.8 Å². The van der Waals surface area contributed by atoms with Crippen LogP contribution < -0.4 is 11.1 Å². The fourth-order valence-corrected chi connectivity index (χ4v) is 2.64. The summed E-state index contributed by atoms with van der Waals surface area (Å²) in [6.07, 6.45) is 2.83. The van der Waals surface area contributed by atoms with Gasteiger partial charge in [-0.05, 0) is 37.3 Å². The van der Waals surface area contributed by atoms with Crippen LogP contribution in [0, 0.1) is 12.3 Å². The van der Waals surface area contributed by atoms with Crippen molar-refractivity contribution in [2.24, 2.45) is 5.41 Å². The van der Waals surface area contributed by atoms with Gasteiger partial charge < -0.3 is 16.2 Å². The molecule has 0 heterocycles. The second-order valence-corrected chi connectivity index (χ2v) is 5.70. The Bertz CT molecular complexity index is 536.